The van der Waals surface area contributed by atoms with Crippen LogP contribution in [-0.2, 0) is 4.84 Å². The summed E-state index contributed by atoms with van der Waals surface area (Å²) in [5.41, 5.74) is 1.83. The molecular formula is C15H12N2O3. The minimum Gasteiger partial charge on any atom is -0.379 e. The Morgan fingerprint density at radius 2 is 1.60 bits per heavy atom. The van der Waals surface area contributed by atoms with Crippen molar-refractivity contribution in [2.75, 3.05) is 0 Å². The molecule has 1 heterocycles. The van der Waals surface area contributed by atoms with Crippen molar-refractivity contribution in [1.82, 2.24) is 0 Å². The second-order valence-electron chi connectivity index (χ2n) is 4.51. The van der Waals surface area contributed by atoms with Gasteiger partial charge < -0.3 is 4.84 Å². The summed E-state index contributed by atoms with van der Waals surface area (Å²) in [6, 6.07) is 17.3. The highest BCUT2D eigenvalue weighted by molar-refractivity contribution is 6.04. The Morgan fingerprint density at radius 1 is 1.00 bits per heavy atom. The van der Waals surface area contributed by atoms with Crippen LogP contribution in [0.25, 0.3) is 0 Å². The van der Waals surface area contributed by atoms with Gasteiger partial charge in [-0.3, -0.25) is 10.1 Å². The molecule has 0 amide bonds. The molecule has 100 valence electrons. The molecule has 0 unspecified atom stereocenters. The third kappa shape index (κ3) is 2.14. The Morgan fingerprint density at radius 3 is 2.20 bits per heavy atom. The number of hydrogen-bond acceptors (Lipinski definition) is 4. The van der Waals surface area contributed by atoms with Crippen LogP contribution in [0.5, 0.6) is 0 Å². The fourth-order valence-electron chi connectivity index (χ4n) is 2.30. The van der Waals surface area contributed by atoms with Crippen molar-refractivity contribution < 1.29 is 9.76 Å². The zero-order valence-electron chi connectivity index (χ0n) is 10.5. The lowest BCUT2D eigenvalue weighted by atomic mass is 9.95. The maximum atomic E-state index is 11.4. The third-order valence-corrected chi connectivity index (χ3v) is 3.26. The van der Waals surface area contributed by atoms with Crippen LogP contribution in [-0.4, -0.2) is 16.7 Å². The predicted molar refractivity (Wildman–Crippen MR) is 74.0 cm³/mol. The Balaban J connectivity index is 1.97. The molecule has 3 rings (SSSR count). The lowest BCUT2D eigenvalue weighted by Gasteiger charge is -2.12. The molecule has 0 aliphatic carbocycles. The van der Waals surface area contributed by atoms with Crippen LogP contribution in [0.3, 0.4) is 0 Å². The van der Waals surface area contributed by atoms with Gasteiger partial charge in [0.05, 0.1) is 0 Å². The molecule has 0 saturated carbocycles. The van der Waals surface area contributed by atoms with Crippen molar-refractivity contribution in [3.63, 3.8) is 0 Å². The highest BCUT2D eigenvalue weighted by atomic mass is 16.7. The molecule has 1 aliphatic heterocycles. The van der Waals surface area contributed by atoms with E-state index in [1.54, 1.807) is 12.1 Å². The van der Waals surface area contributed by atoms with Gasteiger partial charge in [0.25, 0.3) is 0 Å². The van der Waals surface area contributed by atoms with Crippen molar-refractivity contribution in [1.29, 1.82) is 0 Å². The summed E-state index contributed by atoms with van der Waals surface area (Å²) in [5.74, 6) is 0. The molecule has 0 fully saturated rings. The van der Waals surface area contributed by atoms with E-state index >= 15 is 0 Å². The molecule has 5 heteroatoms. The van der Waals surface area contributed by atoms with Gasteiger partial charge >= 0.3 is 6.04 Å². The van der Waals surface area contributed by atoms with Crippen LogP contribution in [0, 0.1) is 10.1 Å². The quantitative estimate of drug-likeness (QED) is 0.635. The topological polar surface area (TPSA) is 64.7 Å². The van der Waals surface area contributed by atoms with Crippen LogP contribution in [0.2, 0.25) is 0 Å². The molecule has 2 aromatic carbocycles. The summed E-state index contributed by atoms with van der Waals surface area (Å²) < 4.78 is 0. The first-order chi connectivity index (χ1) is 9.77. The molecule has 0 aromatic heterocycles. The number of benzene rings is 2. The largest absolute Gasteiger partial charge is 0.379 e. The second-order valence-corrected chi connectivity index (χ2v) is 4.51. The molecule has 0 spiro atoms. The standard InChI is InChI=1S/C15H12N2O3/c18-17(19)14-13(11-7-3-1-4-8-11)16-20-15(14)12-9-5-2-6-10-12/h1-10,14-15H/t14-,15-/m0/s1. The summed E-state index contributed by atoms with van der Waals surface area (Å²) >= 11 is 0. The summed E-state index contributed by atoms with van der Waals surface area (Å²) in [4.78, 5) is 16.4. The Bertz CT molecular complexity index is 641. The smallest absolute Gasteiger partial charge is 0.301 e. The first kappa shape index (κ1) is 12.3. The Hall–Kier alpha value is -2.69. The lowest BCUT2D eigenvalue weighted by molar-refractivity contribution is -0.512. The number of hydrogen-bond donors (Lipinski definition) is 0. The first-order valence-corrected chi connectivity index (χ1v) is 6.25. The molecule has 0 N–H and O–H groups in total. The van der Waals surface area contributed by atoms with E-state index in [9.17, 15) is 10.1 Å². The highest BCUT2D eigenvalue weighted by Gasteiger charge is 2.45. The molecule has 2 atom stereocenters. The highest BCUT2D eigenvalue weighted by Crippen LogP contribution is 2.31. The molecule has 1 aliphatic rings. The summed E-state index contributed by atoms with van der Waals surface area (Å²) in [6.45, 7) is 0. The van der Waals surface area contributed by atoms with Gasteiger partial charge in [0.15, 0.2) is 5.71 Å². The van der Waals surface area contributed by atoms with Gasteiger partial charge in [0.1, 0.15) is 0 Å². The lowest BCUT2D eigenvalue weighted by Crippen LogP contribution is -2.32. The molecule has 2 aromatic rings. The zero-order chi connectivity index (χ0) is 13.9. The maximum Gasteiger partial charge on any atom is 0.301 e. The van der Waals surface area contributed by atoms with Gasteiger partial charge in [-0.25, -0.2) is 0 Å². The van der Waals surface area contributed by atoms with Crippen LogP contribution in [0.4, 0.5) is 0 Å². The number of nitrogens with zero attached hydrogens (tertiary/aromatic N) is 2. The second kappa shape index (κ2) is 5.13. The van der Waals surface area contributed by atoms with E-state index in [0.29, 0.717) is 11.3 Å². The number of oxime groups is 1. The molecule has 0 bridgehead atoms. The maximum absolute atomic E-state index is 11.4. The molecule has 0 saturated heterocycles. The summed E-state index contributed by atoms with van der Waals surface area (Å²) in [5, 5.41) is 15.4. The molecular weight excluding hydrogens is 256 g/mol. The van der Waals surface area contributed by atoms with E-state index in [0.717, 1.165) is 5.56 Å². The van der Waals surface area contributed by atoms with Gasteiger partial charge in [-0.05, 0) is 0 Å². The van der Waals surface area contributed by atoms with Gasteiger partial charge in [0.2, 0.25) is 6.10 Å². The Labute approximate surface area is 115 Å². The van der Waals surface area contributed by atoms with Crippen LogP contribution in [0.15, 0.2) is 65.8 Å². The third-order valence-electron chi connectivity index (χ3n) is 3.26. The van der Waals surface area contributed by atoms with Gasteiger partial charge in [-0.2, -0.15) is 0 Å². The molecule has 20 heavy (non-hydrogen) atoms. The van der Waals surface area contributed by atoms with Crippen molar-refractivity contribution in [3.05, 3.63) is 81.9 Å². The van der Waals surface area contributed by atoms with Crippen molar-refractivity contribution >= 4 is 5.71 Å². The monoisotopic (exact) mass is 268 g/mol. The van der Waals surface area contributed by atoms with Crippen LogP contribution in [0.1, 0.15) is 17.2 Å². The number of rotatable bonds is 3. The van der Waals surface area contributed by atoms with Gasteiger partial charge in [-0.1, -0.05) is 65.8 Å². The number of nitro groups is 1. The molecule has 0 radical (unpaired) electrons. The van der Waals surface area contributed by atoms with Crippen LogP contribution < -0.4 is 0 Å². The minimum absolute atomic E-state index is 0.337. The van der Waals surface area contributed by atoms with E-state index < -0.39 is 12.1 Å². The van der Waals surface area contributed by atoms with E-state index in [1.807, 2.05) is 48.5 Å². The fraction of sp³-hybridized carbons (Fsp3) is 0.133. The van der Waals surface area contributed by atoms with Crippen molar-refractivity contribution in [3.8, 4) is 0 Å². The van der Waals surface area contributed by atoms with Gasteiger partial charge in [-0.15, -0.1) is 0 Å². The van der Waals surface area contributed by atoms with E-state index in [2.05, 4.69) is 5.16 Å². The normalized spacial score (nSPS) is 21.1. The summed E-state index contributed by atoms with van der Waals surface area (Å²) in [7, 11) is 0. The van der Waals surface area contributed by atoms with Crippen molar-refractivity contribution in [2.45, 2.75) is 12.1 Å². The zero-order valence-corrected chi connectivity index (χ0v) is 10.5. The summed E-state index contributed by atoms with van der Waals surface area (Å²) in [6.07, 6.45) is -0.679. The fourth-order valence-corrected chi connectivity index (χ4v) is 2.30. The van der Waals surface area contributed by atoms with E-state index in [4.69, 9.17) is 4.84 Å². The average Bonchev–Trinajstić information content (AvgIpc) is 2.94. The van der Waals surface area contributed by atoms with Gasteiger partial charge in [0, 0.05) is 16.1 Å². The first-order valence-electron chi connectivity index (χ1n) is 6.25. The average molecular weight is 268 g/mol. The SMILES string of the molecule is O=[N+]([O-])[C@H]1C(c2ccccc2)=NO[C@H]1c1ccccc1. The van der Waals surface area contributed by atoms with Crippen LogP contribution >= 0.6 is 0 Å². The minimum atomic E-state index is -0.986. The predicted octanol–water partition coefficient (Wildman–Crippen LogP) is 2.81. The Kier molecular flexibility index (Phi) is 3.16. The van der Waals surface area contributed by atoms with E-state index in [-0.39, 0.29) is 4.92 Å². The molecule has 5 nitrogen and oxygen atoms in total. The van der Waals surface area contributed by atoms with Crippen molar-refractivity contribution in [2.24, 2.45) is 5.16 Å². The van der Waals surface area contributed by atoms with E-state index in [1.165, 1.54) is 0 Å².